The van der Waals surface area contributed by atoms with Gasteiger partial charge in [-0.1, -0.05) is 31.9 Å². The van der Waals surface area contributed by atoms with Gasteiger partial charge in [-0.25, -0.2) is 0 Å². The topological polar surface area (TPSA) is 78.5 Å². The molecule has 2 heterocycles. The Morgan fingerprint density at radius 1 is 1.09 bits per heavy atom. The fraction of sp³-hybridized carbons (Fsp3) is 0.654. The van der Waals surface area contributed by atoms with Crippen molar-refractivity contribution >= 4 is 17.7 Å². The number of fused-ring (bicyclic) bond motifs is 1. The zero-order valence-corrected chi connectivity index (χ0v) is 19.1. The van der Waals surface area contributed by atoms with E-state index in [2.05, 4.69) is 29.7 Å². The Kier molecular flexibility index (Phi) is 6.06. The molecule has 172 valence electrons. The lowest BCUT2D eigenvalue weighted by molar-refractivity contribution is -0.136. The van der Waals surface area contributed by atoms with Crippen molar-refractivity contribution in [3.8, 4) is 0 Å². The van der Waals surface area contributed by atoms with E-state index in [0.717, 1.165) is 17.9 Å². The van der Waals surface area contributed by atoms with Crippen molar-refractivity contribution in [1.82, 2.24) is 15.5 Å². The monoisotopic (exact) mass is 437 g/mol. The maximum atomic E-state index is 13.0. The van der Waals surface area contributed by atoms with Gasteiger partial charge in [-0.05, 0) is 74.0 Å². The second kappa shape index (κ2) is 8.97. The molecule has 2 aliphatic heterocycles. The number of amides is 3. The minimum Gasteiger partial charge on any atom is -0.322 e. The first kappa shape index (κ1) is 21.6. The molecule has 1 saturated heterocycles. The van der Waals surface area contributed by atoms with Gasteiger partial charge in [0.15, 0.2) is 0 Å². The highest BCUT2D eigenvalue weighted by Crippen LogP contribution is 2.36. The molecule has 1 unspecified atom stereocenters. The quantitative estimate of drug-likeness (QED) is 0.642. The van der Waals surface area contributed by atoms with Gasteiger partial charge in [-0.3, -0.25) is 19.7 Å². The molecule has 3 amide bonds. The number of benzene rings is 1. The number of hydrogen-bond donors (Lipinski definition) is 2. The van der Waals surface area contributed by atoms with Gasteiger partial charge in [0.05, 0.1) is 0 Å². The van der Waals surface area contributed by atoms with E-state index in [4.69, 9.17) is 0 Å². The molecule has 2 aliphatic carbocycles. The van der Waals surface area contributed by atoms with E-state index in [1.165, 1.54) is 50.5 Å². The largest absolute Gasteiger partial charge is 0.322 e. The third-order valence-corrected chi connectivity index (χ3v) is 8.05. The van der Waals surface area contributed by atoms with Gasteiger partial charge in [0.2, 0.25) is 11.8 Å². The van der Waals surface area contributed by atoms with Gasteiger partial charge >= 0.3 is 0 Å². The maximum absolute atomic E-state index is 13.0. The maximum Gasteiger partial charge on any atom is 0.255 e. The van der Waals surface area contributed by atoms with Gasteiger partial charge in [0, 0.05) is 30.6 Å². The zero-order valence-electron chi connectivity index (χ0n) is 19.1. The Bertz CT molecular complexity index is 910. The van der Waals surface area contributed by atoms with Crippen LogP contribution in [0.15, 0.2) is 18.2 Å². The average molecular weight is 438 g/mol. The molecule has 0 spiro atoms. The molecule has 1 aromatic carbocycles. The summed E-state index contributed by atoms with van der Waals surface area (Å²) < 4.78 is 0. The molecule has 0 bridgehead atoms. The van der Waals surface area contributed by atoms with Crippen molar-refractivity contribution < 1.29 is 14.4 Å². The molecule has 1 aromatic rings. The van der Waals surface area contributed by atoms with Crippen LogP contribution in [0.2, 0.25) is 0 Å². The van der Waals surface area contributed by atoms with Crippen LogP contribution in [0.3, 0.4) is 0 Å². The summed E-state index contributed by atoms with van der Waals surface area (Å²) in [6, 6.07) is 6.95. The van der Waals surface area contributed by atoms with Crippen LogP contribution in [0.1, 0.15) is 86.2 Å². The van der Waals surface area contributed by atoms with Crippen molar-refractivity contribution in [3.05, 3.63) is 34.9 Å². The molecule has 6 nitrogen and oxygen atoms in total. The molecule has 2 saturated carbocycles. The molecular weight excluding hydrogens is 402 g/mol. The summed E-state index contributed by atoms with van der Waals surface area (Å²) >= 11 is 0. The van der Waals surface area contributed by atoms with Gasteiger partial charge < -0.3 is 10.2 Å². The van der Waals surface area contributed by atoms with Gasteiger partial charge in [-0.15, -0.1) is 0 Å². The second-order valence-corrected chi connectivity index (χ2v) is 10.3. The number of hydrogen-bond acceptors (Lipinski definition) is 4. The third kappa shape index (κ3) is 4.34. The number of nitrogens with one attached hydrogen (secondary N) is 2. The summed E-state index contributed by atoms with van der Waals surface area (Å²) in [7, 11) is 0. The van der Waals surface area contributed by atoms with Crippen LogP contribution in [0.4, 0.5) is 0 Å². The Balaban J connectivity index is 1.27. The Labute approximate surface area is 190 Å². The highest BCUT2D eigenvalue weighted by atomic mass is 16.2. The van der Waals surface area contributed by atoms with Crippen molar-refractivity contribution in [2.24, 2.45) is 11.8 Å². The lowest BCUT2D eigenvalue weighted by Crippen LogP contribution is -2.52. The Morgan fingerprint density at radius 2 is 1.91 bits per heavy atom. The van der Waals surface area contributed by atoms with Crippen LogP contribution < -0.4 is 10.6 Å². The smallest absolute Gasteiger partial charge is 0.255 e. The molecule has 3 fully saturated rings. The molecule has 6 heteroatoms. The highest BCUT2D eigenvalue weighted by Gasteiger charge is 2.39. The summed E-state index contributed by atoms with van der Waals surface area (Å²) in [6.07, 6.45) is 10.9. The summed E-state index contributed by atoms with van der Waals surface area (Å²) in [6.45, 7) is 2.76. The van der Waals surface area contributed by atoms with E-state index in [1.54, 1.807) is 4.90 Å². The fourth-order valence-electron chi connectivity index (χ4n) is 6.09. The summed E-state index contributed by atoms with van der Waals surface area (Å²) in [5.41, 5.74) is 3.01. The van der Waals surface area contributed by atoms with Crippen LogP contribution >= 0.6 is 0 Å². The van der Waals surface area contributed by atoms with Crippen molar-refractivity contribution in [3.63, 3.8) is 0 Å². The molecule has 4 aliphatic rings. The minimum absolute atomic E-state index is 0.0894. The average Bonchev–Trinajstić information content (AvgIpc) is 3.57. The number of carbonyl (C=O) groups is 3. The van der Waals surface area contributed by atoms with Crippen LogP contribution in [0.5, 0.6) is 0 Å². The first-order valence-corrected chi connectivity index (χ1v) is 12.6. The third-order valence-electron chi connectivity index (χ3n) is 8.05. The first-order chi connectivity index (χ1) is 15.5. The van der Waals surface area contributed by atoms with E-state index in [9.17, 15) is 14.4 Å². The van der Waals surface area contributed by atoms with E-state index in [1.807, 2.05) is 6.07 Å². The number of rotatable bonds is 7. The second-order valence-electron chi connectivity index (χ2n) is 10.3. The van der Waals surface area contributed by atoms with E-state index in [-0.39, 0.29) is 24.1 Å². The normalized spacial score (nSPS) is 29.1. The number of carbonyl (C=O) groups excluding carboxylic acids is 3. The van der Waals surface area contributed by atoms with Crippen LogP contribution in [0, 0.1) is 11.8 Å². The van der Waals surface area contributed by atoms with Gasteiger partial charge in [0.1, 0.15) is 6.04 Å². The van der Waals surface area contributed by atoms with Gasteiger partial charge in [0.25, 0.3) is 5.91 Å². The number of imide groups is 1. The molecule has 4 atom stereocenters. The minimum atomic E-state index is -0.545. The molecule has 5 rings (SSSR count). The van der Waals surface area contributed by atoms with Crippen molar-refractivity contribution in [2.75, 3.05) is 0 Å². The van der Waals surface area contributed by atoms with Crippen molar-refractivity contribution in [2.45, 2.75) is 95.8 Å². The predicted octanol–water partition coefficient (Wildman–Crippen LogP) is 3.33. The molecule has 0 aromatic heterocycles. The molecule has 0 radical (unpaired) electrons. The molecule has 32 heavy (non-hydrogen) atoms. The first-order valence-electron chi connectivity index (χ1n) is 12.6. The van der Waals surface area contributed by atoms with Gasteiger partial charge in [-0.2, -0.15) is 0 Å². The van der Waals surface area contributed by atoms with Crippen LogP contribution in [-0.4, -0.2) is 40.7 Å². The summed E-state index contributed by atoms with van der Waals surface area (Å²) in [4.78, 5) is 38.4. The Morgan fingerprint density at radius 3 is 2.66 bits per heavy atom. The lowest BCUT2D eigenvalue weighted by atomic mass is 9.80. The van der Waals surface area contributed by atoms with E-state index >= 15 is 0 Å². The van der Waals surface area contributed by atoms with Crippen LogP contribution in [0.25, 0.3) is 0 Å². The lowest BCUT2D eigenvalue weighted by Gasteiger charge is -2.35. The SMILES string of the molecule is CC[C@@H](N[C@H]1CCCC[C@@H]1Cc1ccc2c(c1)CN(C1CCC(=O)NC1=O)C2=O)C1CC1. The predicted molar refractivity (Wildman–Crippen MR) is 122 cm³/mol. The summed E-state index contributed by atoms with van der Waals surface area (Å²) in [5.74, 6) is 0.832. The fourth-order valence-corrected chi connectivity index (χ4v) is 6.09. The van der Waals surface area contributed by atoms with E-state index in [0.29, 0.717) is 36.5 Å². The van der Waals surface area contributed by atoms with E-state index < -0.39 is 6.04 Å². The zero-order chi connectivity index (χ0) is 22.2. The Hall–Kier alpha value is -2.21. The van der Waals surface area contributed by atoms with Crippen molar-refractivity contribution in [1.29, 1.82) is 0 Å². The standard InChI is InChI=1S/C26H35N3O3/c1-2-21(17-8-9-17)27-22-6-4-3-5-18(22)13-16-7-10-20-19(14-16)15-29(26(20)32)23-11-12-24(30)28-25(23)31/h7,10,14,17-18,21-23,27H,2-6,8-9,11-13,15H2,1H3,(H,28,30,31)/t18-,21-,22+,23?/m1/s1. The number of nitrogens with zero attached hydrogens (tertiary/aromatic N) is 1. The van der Waals surface area contributed by atoms with Crippen LogP contribution in [-0.2, 0) is 22.6 Å². The highest BCUT2D eigenvalue weighted by molar-refractivity contribution is 6.05. The molecular formula is C26H35N3O3. The number of piperidine rings is 1. The summed E-state index contributed by atoms with van der Waals surface area (Å²) in [5, 5.41) is 6.40. The molecule has 2 N–H and O–H groups in total.